The fourth-order valence-electron chi connectivity index (χ4n) is 2.19. The Morgan fingerprint density at radius 1 is 0.900 bits per heavy atom. The Morgan fingerprint density at radius 2 is 1.65 bits per heavy atom. The number of nitrogens with one attached hydrogen (secondary N) is 1. The first-order valence-electron chi connectivity index (χ1n) is 6.58. The van der Waals surface area contributed by atoms with E-state index >= 15 is 0 Å². The number of aromatic nitrogens is 1. The highest BCUT2D eigenvalue weighted by Crippen LogP contribution is 2.21. The second-order valence-electron chi connectivity index (χ2n) is 4.68. The molecule has 2 aromatic carbocycles. The van der Waals surface area contributed by atoms with Crippen molar-refractivity contribution in [1.29, 1.82) is 0 Å². The molecule has 0 bridgehead atoms. The molecule has 20 heavy (non-hydrogen) atoms. The van der Waals surface area contributed by atoms with E-state index in [4.69, 9.17) is 11.6 Å². The summed E-state index contributed by atoms with van der Waals surface area (Å²) < 4.78 is 0. The zero-order chi connectivity index (χ0) is 13.8. The van der Waals surface area contributed by atoms with Crippen molar-refractivity contribution in [2.45, 2.75) is 12.4 Å². The standard InChI is InChI=1S/C17H15ClN2/c18-11-13-5-7-14(8-6-13)12-20-17-16-4-2-1-3-15(16)9-10-19-17/h1-10H,11-12H2,(H,19,20). The van der Waals surface area contributed by atoms with Crippen LogP contribution < -0.4 is 5.32 Å². The maximum absolute atomic E-state index is 5.79. The Labute approximate surface area is 123 Å². The summed E-state index contributed by atoms with van der Waals surface area (Å²) in [6, 6.07) is 18.6. The molecule has 1 N–H and O–H groups in total. The molecular formula is C17H15ClN2. The van der Waals surface area contributed by atoms with E-state index in [1.165, 1.54) is 10.9 Å². The predicted molar refractivity (Wildman–Crippen MR) is 85.1 cm³/mol. The van der Waals surface area contributed by atoms with Crippen LogP contribution in [0.2, 0.25) is 0 Å². The van der Waals surface area contributed by atoms with E-state index in [0.29, 0.717) is 5.88 Å². The number of halogens is 1. The molecule has 0 aliphatic heterocycles. The van der Waals surface area contributed by atoms with Crippen LogP contribution in [0.1, 0.15) is 11.1 Å². The van der Waals surface area contributed by atoms with Gasteiger partial charge in [0.2, 0.25) is 0 Å². The third-order valence-corrected chi connectivity index (χ3v) is 3.62. The molecule has 0 radical (unpaired) electrons. The number of hydrogen-bond acceptors (Lipinski definition) is 2. The molecule has 1 aromatic heterocycles. The summed E-state index contributed by atoms with van der Waals surface area (Å²) in [5, 5.41) is 5.74. The molecule has 0 aliphatic carbocycles. The number of benzene rings is 2. The highest BCUT2D eigenvalue weighted by atomic mass is 35.5. The molecule has 3 aromatic rings. The van der Waals surface area contributed by atoms with Crippen molar-refractivity contribution in [3.63, 3.8) is 0 Å². The Kier molecular flexibility index (Phi) is 3.84. The average molecular weight is 283 g/mol. The van der Waals surface area contributed by atoms with Gasteiger partial charge in [-0.1, -0.05) is 48.5 Å². The number of alkyl halides is 1. The first kappa shape index (κ1) is 12.9. The number of pyridine rings is 1. The van der Waals surface area contributed by atoms with E-state index in [9.17, 15) is 0 Å². The number of nitrogens with zero attached hydrogens (tertiary/aromatic N) is 1. The summed E-state index contributed by atoms with van der Waals surface area (Å²) in [6.07, 6.45) is 1.83. The molecular weight excluding hydrogens is 268 g/mol. The lowest BCUT2D eigenvalue weighted by Gasteiger charge is -2.09. The van der Waals surface area contributed by atoms with Gasteiger partial charge < -0.3 is 5.32 Å². The monoisotopic (exact) mass is 282 g/mol. The molecule has 2 nitrogen and oxygen atoms in total. The van der Waals surface area contributed by atoms with Crippen molar-refractivity contribution in [2.24, 2.45) is 0 Å². The van der Waals surface area contributed by atoms with Gasteiger partial charge in [-0.3, -0.25) is 0 Å². The predicted octanol–water partition coefficient (Wildman–Crippen LogP) is 4.59. The van der Waals surface area contributed by atoms with Gasteiger partial charge in [-0.15, -0.1) is 11.6 Å². The summed E-state index contributed by atoms with van der Waals surface area (Å²) in [5.41, 5.74) is 2.35. The van der Waals surface area contributed by atoms with Gasteiger partial charge in [-0.05, 0) is 22.6 Å². The van der Waals surface area contributed by atoms with E-state index in [-0.39, 0.29) is 0 Å². The zero-order valence-electron chi connectivity index (χ0n) is 11.0. The van der Waals surface area contributed by atoms with Crippen LogP contribution in [0.4, 0.5) is 5.82 Å². The van der Waals surface area contributed by atoms with E-state index in [1.807, 2.05) is 24.4 Å². The molecule has 1 heterocycles. The summed E-state index contributed by atoms with van der Waals surface area (Å²) >= 11 is 5.79. The number of hydrogen-bond donors (Lipinski definition) is 1. The quantitative estimate of drug-likeness (QED) is 0.708. The van der Waals surface area contributed by atoms with Crippen molar-refractivity contribution in [1.82, 2.24) is 4.98 Å². The van der Waals surface area contributed by atoms with E-state index in [0.717, 1.165) is 23.3 Å². The van der Waals surface area contributed by atoms with Crippen LogP contribution in [-0.2, 0) is 12.4 Å². The summed E-state index contributed by atoms with van der Waals surface area (Å²) in [4.78, 5) is 4.42. The third-order valence-electron chi connectivity index (χ3n) is 3.31. The van der Waals surface area contributed by atoms with Gasteiger partial charge >= 0.3 is 0 Å². The smallest absolute Gasteiger partial charge is 0.134 e. The SMILES string of the molecule is ClCc1ccc(CNc2nccc3ccccc23)cc1. The summed E-state index contributed by atoms with van der Waals surface area (Å²) in [7, 11) is 0. The molecule has 0 saturated heterocycles. The summed E-state index contributed by atoms with van der Waals surface area (Å²) in [6.45, 7) is 0.754. The number of rotatable bonds is 4. The molecule has 0 atom stereocenters. The fraction of sp³-hybridized carbons (Fsp3) is 0.118. The Balaban J connectivity index is 1.79. The molecule has 0 saturated carbocycles. The van der Waals surface area contributed by atoms with Crippen LogP contribution in [-0.4, -0.2) is 4.98 Å². The van der Waals surface area contributed by atoms with Crippen LogP contribution in [0.5, 0.6) is 0 Å². The largest absolute Gasteiger partial charge is 0.365 e. The van der Waals surface area contributed by atoms with Gasteiger partial charge in [0.05, 0.1) is 0 Å². The van der Waals surface area contributed by atoms with Gasteiger partial charge in [-0.25, -0.2) is 4.98 Å². The van der Waals surface area contributed by atoms with E-state index in [1.54, 1.807) is 0 Å². The second-order valence-corrected chi connectivity index (χ2v) is 4.95. The first-order valence-corrected chi connectivity index (χ1v) is 7.11. The van der Waals surface area contributed by atoms with Crippen LogP contribution in [0.3, 0.4) is 0 Å². The topological polar surface area (TPSA) is 24.9 Å². The van der Waals surface area contributed by atoms with Crippen LogP contribution >= 0.6 is 11.6 Å². The lowest BCUT2D eigenvalue weighted by molar-refractivity contribution is 1.12. The molecule has 0 aliphatic rings. The van der Waals surface area contributed by atoms with Gasteiger partial charge in [0.25, 0.3) is 0 Å². The van der Waals surface area contributed by atoms with Crippen molar-refractivity contribution in [3.05, 3.63) is 71.9 Å². The van der Waals surface area contributed by atoms with Crippen molar-refractivity contribution < 1.29 is 0 Å². The van der Waals surface area contributed by atoms with Gasteiger partial charge in [0, 0.05) is 24.0 Å². The number of fused-ring (bicyclic) bond motifs is 1. The lowest BCUT2D eigenvalue weighted by Crippen LogP contribution is -2.01. The van der Waals surface area contributed by atoms with Crippen molar-refractivity contribution in [3.8, 4) is 0 Å². The third kappa shape index (κ3) is 2.75. The van der Waals surface area contributed by atoms with Gasteiger partial charge in [0.1, 0.15) is 5.82 Å². The molecule has 0 unspecified atom stereocenters. The van der Waals surface area contributed by atoms with Crippen LogP contribution in [0.15, 0.2) is 60.8 Å². The Hall–Kier alpha value is -2.06. The second kappa shape index (κ2) is 5.93. The minimum absolute atomic E-state index is 0.554. The average Bonchev–Trinajstić information content (AvgIpc) is 2.53. The highest BCUT2D eigenvalue weighted by molar-refractivity contribution is 6.17. The normalized spacial score (nSPS) is 10.7. The first-order chi connectivity index (χ1) is 9.86. The van der Waals surface area contributed by atoms with Crippen LogP contribution in [0.25, 0.3) is 10.8 Å². The maximum Gasteiger partial charge on any atom is 0.134 e. The van der Waals surface area contributed by atoms with Crippen molar-refractivity contribution in [2.75, 3.05) is 5.32 Å². The van der Waals surface area contributed by atoms with Crippen molar-refractivity contribution >= 4 is 28.2 Å². The highest BCUT2D eigenvalue weighted by Gasteiger charge is 2.01. The molecule has 0 amide bonds. The zero-order valence-corrected chi connectivity index (χ0v) is 11.8. The van der Waals surface area contributed by atoms with Gasteiger partial charge in [-0.2, -0.15) is 0 Å². The van der Waals surface area contributed by atoms with E-state index < -0.39 is 0 Å². The number of anilines is 1. The lowest BCUT2D eigenvalue weighted by atomic mass is 10.1. The molecule has 0 spiro atoms. The molecule has 100 valence electrons. The molecule has 0 fully saturated rings. The van der Waals surface area contributed by atoms with E-state index in [2.05, 4.69) is 46.7 Å². The Morgan fingerprint density at radius 3 is 2.45 bits per heavy atom. The minimum atomic E-state index is 0.554. The molecule has 3 rings (SSSR count). The fourth-order valence-corrected chi connectivity index (χ4v) is 2.37. The minimum Gasteiger partial charge on any atom is -0.365 e. The maximum atomic E-state index is 5.79. The van der Waals surface area contributed by atoms with Gasteiger partial charge in [0.15, 0.2) is 0 Å². The summed E-state index contributed by atoms with van der Waals surface area (Å²) in [5.74, 6) is 1.48. The Bertz CT molecular complexity index is 702. The molecule has 3 heteroatoms. The van der Waals surface area contributed by atoms with Crippen LogP contribution in [0, 0.1) is 0 Å².